The first kappa shape index (κ1) is 15.3. The molecular weight excluding hydrogens is 270 g/mol. The zero-order valence-electron chi connectivity index (χ0n) is 10.4. The van der Waals surface area contributed by atoms with Crippen molar-refractivity contribution in [2.24, 2.45) is 0 Å². The second-order valence-corrected chi connectivity index (χ2v) is 5.73. The molecule has 0 aliphatic rings. The Labute approximate surface area is 113 Å². The minimum absolute atomic E-state index is 0.00171. The first-order valence-corrected chi connectivity index (χ1v) is 7.17. The van der Waals surface area contributed by atoms with E-state index in [1.54, 1.807) is 19.1 Å². The molecule has 0 heterocycles. The normalized spacial score (nSPS) is 13.7. The SMILES string of the molecule is CCC(C(=O)O)S(=O)CCc1ccc([N+](=O)[O-])cc1. The Morgan fingerprint density at radius 1 is 1.42 bits per heavy atom. The molecule has 0 aliphatic carbocycles. The van der Waals surface area contributed by atoms with Crippen LogP contribution in [0, 0.1) is 10.1 Å². The van der Waals surface area contributed by atoms with Crippen molar-refractivity contribution in [2.75, 3.05) is 5.75 Å². The lowest BCUT2D eigenvalue weighted by atomic mass is 10.1. The summed E-state index contributed by atoms with van der Waals surface area (Å²) in [7, 11) is -1.44. The van der Waals surface area contributed by atoms with Gasteiger partial charge in [0.25, 0.3) is 5.69 Å². The molecule has 1 aromatic carbocycles. The van der Waals surface area contributed by atoms with Gasteiger partial charge in [-0.1, -0.05) is 19.1 Å². The summed E-state index contributed by atoms with van der Waals surface area (Å²) in [6, 6.07) is 5.95. The van der Waals surface area contributed by atoms with Gasteiger partial charge in [-0.3, -0.25) is 19.1 Å². The third-order valence-electron chi connectivity index (χ3n) is 2.70. The van der Waals surface area contributed by atoms with Crippen molar-refractivity contribution in [3.8, 4) is 0 Å². The highest BCUT2D eigenvalue weighted by Gasteiger charge is 2.22. The lowest BCUT2D eigenvalue weighted by molar-refractivity contribution is -0.384. The fourth-order valence-corrected chi connectivity index (χ4v) is 2.94. The number of benzene rings is 1. The summed E-state index contributed by atoms with van der Waals surface area (Å²) >= 11 is 0. The number of hydrogen-bond donors (Lipinski definition) is 1. The van der Waals surface area contributed by atoms with Crippen molar-refractivity contribution >= 4 is 22.5 Å². The quantitative estimate of drug-likeness (QED) is 0.608. The van der Waals surface area contributed by atoms with Crippen molar-refractivity contribution in [1.29, 1.82) is 0 Å². The van der Waals surface area contributed by atoms with E-state index in [-0.39, 0.29) is 11.4 Å². The van der Waals surface area contributed by atoms with E-state index in [1.807, 2.05) is 0 Å². The zero-order chi connectivity index (χ0) is 14.4. The van der Waals surface area contributed by atoms with Crippen LogP contribution in [0.4, 0.5) is 5.69 Å². The number of carboxylic acid groups (broad SMARTS) is 1. The molecule has 7 heteroatoms. The minimum Gasteiger partial charge on any atom is -0.480 e. The molecule has 0 amide bonds. The molecule has 0 aliphatic heterocycles. The second kappa shape index (κ2) is 6.98. The van der Waals surface area contributed by atoms with Gasteiger partial charge in [0.2, 0.25) is 0 Å². The maximum Gasteiger partial charge on any atom is 0.319 e. The Morgan fingerprint density at radius 3 is 2.42 bits per heavy atom. The molecule has 19 heavy (non-hydrogen) atoms. The number of hydrogen-bond acceptors (Lipinski definition) is 4. The Hall–Kier alpha value is -1.76. The Balaban J connectivity index is 2.59. The molecule has 1 rings (SSSR count). The molecule has 0 aromatic heterocycles. The molecule has 2 unspecified atom stereocenters. The average Bonchev–Trinajstić information content (AvgIpc) is 2.37. The second-order valence-electron chi connectivity index (χ2n) is 3.99. The molecule has 0 bridgehead atoms. The number of nitrogens with zero attached hydrogens (tertiary/aromatic N) is 1. The van der Waals surface area contributed by atoms with Gasteiger partial charge in [-0.05, 0) is 18.4 Å². The maximum absolute atomic E-state index is 11.8. The van der Waals surface area contributed by atoms with E-state index in [4.69, 9.17) is 5.11 Å². The van der Waals surface area contributed by atoms with E-state index in [0.29, 0.717) is 12.8 Å². The number of rotatable bonds is 7. The molecule has 6 nitrogen and oxygen atoms in total. The predicted molar refractivity (Wildman–Crippen MR) is 71.5 cm³/mol. The topological polar surface area (TPSA) is 97.5 Å². The van der Waals surface area contributed by atoms with Gasteiger partial charge < -0.3 is 5.11 Å². The molecule has 0 spiro atoms. The van der Waals surface area contributed by atoms with Crippen LogP contribution in [-0.4, -0.2) is 31.2 Å². The van der Waals surface area contributed by atoms with E-state index in [9.17, 15) is 19.1 Å². The minimum atomic E-state index is -1.44. The summed E-state index contributed by atoms with van der Waals surface area (Å²) in [4.78, 5) is 20.8. The zero-order valence-corrected chi connectivity index (χ0v) is 11.3. The number of aliphatic carboxylic acids is 1. The highest BCUT2D eigenvalue weighted by Crippen LogP contribution is 2.13. The average molecular weight is 285 g/mol. The van der Waals surface area contributed by atoms with Gasteiger partial charge in [0.1, 0.15) is 5.25 Å². The van der Waals surface area contributed by atoms with Crippen molar-refractivity contribution in [1.82, 2.24) is 0 Å². The fourth-order valence-electron chi connectivity index (χ4n) is 1.62. The van der Waals surface area contributed by atoms with Gasteiger partial charge in [-0.2, -0.15) is 0 Å². The molecule has 1 aromatic rings. The first-order chi connectivity index (χ1) is 8.95. The molecule has 1 N–H and O–H groups in total. The van der Waals surface area contributed by atoms with Crippen molar-refractivity contribution in [2.45, 2.75) is 25.0 Å². The Morgan fingerprint density at radius 2 is 2.00 bits per heavy atom. The summed E-state index contributed by atoms with van der Waals surface area (Å²) in [6.07, 6.45) is 0.761. The van der Waals surface area contributed by atoms with E-state index in [0.717, 1.165) is 5.56 Å². The largest absolute Gasteiger partial charge is 0.480 e. The maximum atomic E-state index is 11.8. The summed E-state index contributed by atoms with van der Waals surface area (Å²) < 4.78 is 11.8. The van der Waals surface area contributed by atoms with E-state index in [1.165, 1.54) is 12.1 Å². The van der Waals surface area contributed by atoms with E-state index < -0.39 is 26.9 Å². The van der Waals surface area contributed by atoms with Crippen LogP contribution in [0.3, 0.4) is 0 Å². The number of nitro groups is 1. The lowest BCUT2D eigenvalue weighted by Crippen LogP contribution is -2.27. The van der Waals surface area contributed by atoms with Crippen LogP contribution in [0.2, 0.25) is 0 Å². The van der Waals surface area contributed by atoms with Gasteiger partial charge in [0.15, 0.2) is 0 Å². The van der Waals surface area contributed by atoms with Gasteiger partial charge in [0, 0.05) is 28.7 Å². The summed E-state index contributed by atoms with van der Waals surface area (Å²) in [5.74, 6) is -0.813. The fraction of sp³-hybridized carbons (Fsp3) is 0.417. The van der Waals surface area contributed by atoms with Crippen molar-refractivity contribution < 1.29 is 19.0 Å². The highest BCUT2D eigenvalue weighted by molar-refractivity contribution is 7.86. The third kappa shape index (κ3) is 4.44. The number of nitro benzene ring substituents is 1. The first-order valence-electron chi connectivity index (χ1n) is 5.79. The van der Waals surface area contributed by atoms with Crippen molar-refractivity contribution in [3.05, 3.63) is 39.9 Å². The van der Waals surface area contributed by atoms with Crippen molar-refractivity contribution in [3.63, 3.8) is 0 Å². The van der Waals surface area contributed by atoms with Crippen LogP contribution in [0.25, 0.3) is 0 Å². The van der Waals surface area contributed by atoms with E-state index in [2.05, 4.69) is 0 Å². The van der Waals surface area contributed by atoms with Crippen LogP contribution < -0.4 is 0 Å². The summed E-state index contributed by atoms with van der Waals surface area (Å²) in [5.41, 5.74) is 0.807. The number of non-ortho nitro benzene ring substituents is 1. The van der Waals surface area contributed by atoms with Crippen LogP contribution >= 0.6 is 0 Å². The molecule has 104 valence electrons. The van der Waals surface area contributed by atoms with Crippen LogP contribution in [-0.2, 0) is 22.0 Å². The molecule has 0 fully saturated rings. The van der Waals surface area contributed by atoms with Gasteiger partial charge in [0.05, 0.1) is 4.92 Å². The third-order valence-corrected chi connectivity index (χ3v) is 4.48. The van der Waals surface area contributed by atoms with Crippen LogP contribution in [0.1, 0.15) is 18.9 Å². The number of carbonyl (C=O) groups is 1. The molecule has 2 atom stereocenters. The van der Waals surface area contributed by atoms with E-state index >= 15 is 0 Å². The molecule has 0 saturated carbocycles. The van der Waals surface area contributed by atoms with Crippen LogP contribution in [0.5, 0.6) is 0 Å². The van der Waals surface area contributed by atoms with Crippen LogP contribution in [0.15, 0.2) is 24.3 Å². The molecule has 0 radical (unpaired) electrons. The van der Waals surface area contributed by atoms with Gasteiger partial charge in [-0.15, -0.1) is 0 Å². The summed E-state index contributed by atoms with van der Waals surface area (Å²) in [5, 5.41) is 18.5. The molecular formula is C12H15NO5S. The Kier molecular flexibility index (Phi) is 5.62. The monoisotopic (exact) mass is 285 g/mol. The Bertz CT molecular complexity index is 485. The standard InChI is InChI=1S/C12H15NO5S/c1-2-11(12(14)15)19(18)8-7-9-3-5-10(6-4-9)13(16)17/h3-6,11H,2,7-8H2,1H3,(H,14,15). The predicted octanol–water partition coefficient (Wildman–Crippen LogP) is 1.75. The molecule has 0 saturated heterocycles. The number of carboxylic acids is 1. The summed E-state index contributed by atoms with van der Waals surface area (Å²) in [6.45, 7) is 1.68. The lowest BCUT2D eigenvalue weighted by Gasteiger charge is -2.09. The smallest absolute Gasteiger partial charge is 0.319 e. The number of aryl methyl sites for hydroxylation is 1. The highest BCUT2D eigenvalue weighted by atomic mass is 32.2. The van der Waals surface area contributed by atoms with Gasteiger partial charge >= 0.3 is 5.97 Å². The van der Waals surface area contributed by atoms with Gasteiger partial charge in [-0.25, -0.2) is 0 Å².